The van der Waals surface area contributed by atoms with Gasteiger partial charge in [0.25, 0.3) is 0 Å². The molecule has 2 heterocycles. The number of nitrogens with one attached hydrogen (secondary N) is 1. The van der Waals surface area contributed by atoms with E-state index in [1.165, 1.54) is 18.6 Å². The first-order chi connectivity index (χ1) is 16.2. The Morgan fingerprint density at radius 3 is 2.62 bits per heavy atom. The standard InChI is InChI=1S/C22H26FN7O3S/c1-22(5-2-6-22)30-13-27-29-21(30)33-12-14-7-15(8-14)16-10-25-20(26-11-16)28-19-4-3-17(9-18(19)23)34(24,31)32/h3-4,9-11,13-15H,2,5-8,12H2,1H3,(H2,24,31,32)(H,25,26,28). The largest absolute Gasteiger partial charge is 0.463 e. The summed E-state index contributed by atoms with van der Waals surface area (Å²) in [4.78, 5) is 8.24. The average molecular weight is 488 g/mol. The topological polar surface area (TPSA) is 138 Å². The summed E-state index contributed by atoms with van der Waals surface area (Å²) in [6, 6.07) is 3.96. The fraction of sp³-hybridized carbons (Fsp3) is 0.455. The Hall–Kier alpha value is -3.12. The lowest BCUT2D eigenvalue weighted by atomic mass is 9.72. The summed E-state index contributed by atoms with van der Waals surface area (Å²) >= 11 is 0. The summed E-state index contributed by atoms with van der Waals surface area (Å²) in [5, 5.41) is 15.9. The molecule has 0 atom stereocenters. The number of halogens is 1. The molecule has 0 aliphatic heterocycles. The van der Waals surface area contributed by atoms with E-state index in [2.05, 4.69) is 37.0 Å². The Morgan fingerprint density at radius 1 is 1.26 bits per heavy atom. The Balaban J connectivity index is 1.13. The number of benzene rings is 1. The van der Waals surface area contributed by atoms with Gasteiger partial charge in [-0.15, -0.1) is 5.10 Å². The summed E-state index contributed by atoms with van der Waals surface area (Å²) in [5.74, 6) is 0.223. The first-order valence-corrected chi connectivity index (χ1v) is 12.7. The van der Waals surface area contributed by atoms with E-state index in [0.29, 0.717) is 24.5 Å². The van der Waals surface area contributed by atoms with E-state index in [9.17, 15) is 12.8 Å². The van der Waals surface area contributed by atoms with E-state index in [-0.39, 0.29) is 22.1 Å². The molecule has 10 nitrogen and oxygen atoms in total. The van der Waals surface area contributed by atoms with Crippen LogP contribution in [0.4, 0.5) is 16.0 Å². The first-order valence-electron chi connectivity index (χ1n) is 11.2. The van der Waals surface area contributed by atoms with Crippen LogP contribution in [0.1, 0.15) is 50.5 Å². The zero-order valence-electron chi connectivity index (χ0n) is 18.7. The summed E-state index contributed by atoms with van der Waals surface area (Å²) in [6.07, 6.45) is 10.6. The number of primary sulfonamides is 1. The molecule has 2 saturated carbocycles. The zero-order chi connectivity index (χ0) is 23.9. The van der Waals surface area contributed by atoms with Crippen LogP contribution in [0.15, 0.2) is 41.8 Å². The summed E-state index contributed by atoms with van der Waals surface area (Å²) in [7, 11) is -3.97. The maximum absolute atomic E-state index is 14.2. The minimum atomic E-state index is -3.97. The molecule has 2 aliphatic rings. The molecule has 0 saturated heterocycles. The van der Waals surface area contributed by atoms with Gasteiger partial charge in [-0.05, 0) is 74.6 Å². The van der Waals surface area contributed by atoms with Crippen LogP contribution in [0.25, 0.3) is 0 Å². The molecule has 0 bridgehead atoms. The van der Waals surface area contributed by atoms with Crippen molar-refractivity contribution in [1.82, 2.24) is 24.7 Å². The molecule has 2 aliphatic carbocycles. The predicted molar refractivity (Wildman–Crippen MR) is 122 cm³/mol. The minimum Gasteiger partial charge on any atom is -0.463 e. The summed E-state index contributed by atoms with van der Waals surface area (Å²) < 4.78 is 44.9. The van der Waals surface area contributed by atoms with Crippen LogP contribution in [0.5, 0.6) is 6.01 Å². The van der Waals surface area contributed by atoms with E-state index in [1.807, 2.05) is 0 Å². The van der Waals surface area contributed by atoms with Crippen LogP contribution in [0.3, 0.4) is 0 Å². The Kier molecular flexibility index (Phi) is 5.72. The lowest BCUT2D eigenvalue weighted by Crippen LogP contribution is -2.37. The molecule has 0 amide bonds. The van der Waals surface area contributed by atoms with Crippen molar-refractivity contribution in [2.75, 3.05) is 11.9 Å². The normalized spacial score (nSPS) is 21.4. The number of aromatic nitrogens is 5. The van der Waals surface area contributed by atoms with Crippen molar-refractivity contribution < 1.29 is 17.5 Å². The van der Waals surface area contributed by atoms with Gasteiger partial charge in [0, 0.05) is 17.9 Å². The van der Waals surface area contributed by atoms with Crippen molar-refractivity contribution >= 4 is 21.7 Å². The predicted octanol–water partition coefficient (Wildman–Crippen LogP) is 3.07. The lowest BCUT2D eigenvalue weighted by Gasteiger charge is -2.40. The molecule has 180 valence electrons. The second-order valence-corrected chi connectivity index (χ2v) is 10.9. The van der Waals surface area contributed by atoms with E-state index < -0.39 is 15.8 Å². The third-order valence-electron chi connectivity index (χ3n) is 6.87. The van der Waals surface area contributed by atoms with Gasteiger partial charge in [-0.3, -0.25) is 4.57 Å². The number of ether oxygens (including phenoxy) is 1. The highest BCUT2D eigenvalue weighted by Crippen LogP contribution is 2.43. The molecule has 0 spiro atoms. The molecule has 1 aromatic carbocycles. The maximum Gasteiger partial charge on any atom is 0.317 e. The highest BCUT2D eigenvalue weighted by Gasteiger charge is 2.37. The molecule has 0 radical (unpaired) electrons. The number of sulfonamides is 1. The van der Waals surface area contributed by atoms with Crippen LogP contribution < -0.4 is 15.2 Å². The van der Waals surface area contributed by atoms with Gasteiger partial charge in [0.15, 0.2) is 0 Å². The third kappa shape index (κ3) is 4.47. The van der Waals surface area contributed by atoms with Gasteiger partial charge in [-0.1, -0.05) is 5.10 Å². The fourth-order valence-electron chi connectivity index (χ4n) is 4.47. The third-order valence-corrected chi connectivity index (χ3v) is 7.78. The number of hydrogen-bond donors (Lipinski definition) is 2. The number of hydrogen-bond acceptors (Lipinski definition) is 8. The molecular weight excluding hydrogens is 461 g/mol. The zero-order valence-corrected chi connectivity index (χ0v) is 19.5. The molecule has 12 heteroatoms. The van der Waals surface area contributed by atoms with E-state index in [0.717, 1.165) is 37.3 Å². The monoisotopic (exact) mass is 487 g/mol. The Labute approximate surface area is 196 Å². The Bertz CT molecular complexity index is 1290. The molecular formula is C22H26FN7O3S. The van der Waals surface area contributed by atoms with Crippen molar-refractivity contribution in [1.29, 1.82) is 0 Å². The van der Waals surface area contributed by atoms with Crippen LogP contribution in [-0.4, -0.2) is 39.8 Å². The smallest absolute Gasteiger partial charge is 0.317 e. The number of nitrogens with zero attached hydrogens (tertiary/aromatic N) is 5. The molecule has 3 aromatic rings. The molecule has 2 aromatic heterocycles. The van der Waals surface area contributed by atoms with Gasteiger partial charge >= 0.3 is 6.01 Å². The lowest BCUT2D eigenvalue weighted by molar-refractivity contribution is 0.112. The molecule has 2 fully saturated rings. The quantitative estimate of drug-likeness (QED) is 0.494. The van der Waals surface area contributed by atoms with Crippen LogP contribution in [-0.2, 0) is 15.6 Å². The SMILES string of the molecule is CC1(n2cnnc2OCC2CC(c3cnc(Nc4ccc(S(N)(=O)=O)cc4F)nc3)C2)CCC1. The van der Waals surface area contributed by atoms with Crippen LogP contribution >= 0.6 is 0 Å². The van der Waals surface area contributed by atoms with Crippen molar-refractivity contribution in [3.8, 4) is 6.01 Å². The van der Waals surface area contributed by atoms with Crippen molar-refractivity contribution in [3.63, 3.8) is 0 Å². The van der Waals surface area contributed by atoms with E-state index >= 15 is 0 Å². The Morgan fingerprint density at radius 2 is 2.00 bits per heavy atom. The minimum absolute atomic E-state index is 0.0598. The van der Waals surface area contributed by atoms with Crippen LogP contribution in [0.2, 0.25) is 0 Å². The highest BCUT2D eigenvalue weighted by atomic mass is 32.2. The van der Waals surface area contributed by atoms with Crippen LogP contribution in [0, 0.1) is 11.7 Å². The average Bonchev–Trinajstić information content (AvgIpc) is 3.21. The summed E-state index contributed by atoms with van der Waals surface area (Å²) in [6.45, 7) is 2.80. The fourth-order valence-corrected chi connectivity index (χ4v) is 4.99. The van der Waals surface area contributed by atoms with Gasteiger partial charge in [0.1, 0.15) is 12.1 Å². The van der Waals surface area contributed by atoms with Gasteiger partial charge < -0.3 is 10.1 Å². The van der Waals surface area contributed by atoms with E-state index in [4.69, 9.17) is 9.88 Å². The second-order valence-electron chi connectivity index (χ2n) is 9.33. The highest BCUT2D eigenvalue weighted by molar-refractivity contribution is 7.89. The summed E-state index contributed by atoms with van der Waals surface area (Å²) in [5.41, 5.74) is 1.14. The molecule has 34 heavy (non-hydrogen) atoms. The first kappa shape index (κ1) is 22.7. The molecule has 0 unspecified atom stereocenters. The molecule has 3 N–H and O–H groups in total. The maximum atomic E-state index is 14.2. The van der Waals surface area contributed by atoms with E-state index in [1.54, 1.807) is 18.7 Å². The molecule has 5 rings (SSSR count). The number of nitrogens with two attached hydrogens (primary N) is 1. The van der Waals surface area contributed by atoms with Crippen molar-refractivity contribution in [2.24, 2.45) is 11.1 Å². The number of rotatable bonds is 8. The second kappa shape index (κ2) is 8.58. The van der Waals surface area contributed by atoms with Gasteiger partial charge in [-0.2, -0.15) is 0 Å². The van der Waals surface area contributed by atoms with Gasteiger partial charge in [-0.25, -0.2) is 27.9 Å². The number of anilines is 2. The van der Waals surface area contributed by atoms with Gasteiger partial charge in [0.05, 0.1) is 17.2 Å². The van der Waals surface area contributed by atoms with Gasteiger partial charge in [0.2, 0.25) is 16.0 Å². The van der Waals surface area contributed by atoms with Crippen molar-refractivity contribution in [2.45, 2.75) is 55.4 Å². The van der Waals surface area contributed by atoms with Crippen molar-refractivity contribution in [3.05, 3.63) is 48.3 Å².